The maximum atomic E-state index is 12.6. The van der Waals surface area contributed by atoms with Gasteiger partial charge in [-0.05, 0) is 24.8 Å². The SMILES string of the molecule is CCOC(=O)c1c(NC(=O)CC(C)C)sc(CC)c1-c1ccccc1. The first-order chi connectivity index (χ1) is 12.0. The summed E-state index contributed by atoms with van der Waals surface area (Å²) in [6, 6.07) is 9.78. The summed E-state index contributed by atoms with van der Waals surface area (Å²) in [5, 5.41) is 3.51. The van der Waals surface area contributed by atoms with Crippen molar-refractivity contribution in [2.75, 3.05) is 11.9 Å². The Balaban J connectivity index is 2.53. The molecule has 5 heteroatoms. The fourth-order valence-corrected chi connectivity index (χ4v) is 3.84. The number of hydrogen-bond donors (Lipinski definition) is 1. The van der Waals surface area contributed by atoms with E-state index < -0.39 is 5.97 Å². The van der Waals surface area contributed by atoms with Crippen molar-refractivity contribution in [3.8, 4) is 11.1 Å². The minimum Gasteiger partial charge on any atom is -0.462 e. The van der Waals surface area contributed by atoms with E-state index in [1.165, 1.54) is 11.3 Å². The number of carbonyl (C=O) groups excluding carboxylic acids is 2. The molecule has 2 rings (SSSR count). The number of anilines is 1. The van der Waals surface area contributed by atoms with Gasteiger partial charge in [0.2, 0.25) is 5.91 Å². The standard InChI is InChI=1S/C20H25NO3S/c1-5-15-17(14-10-8-7-9-11-14)18(20(23)24-6-2)19(25-15)21-16(22)12-13(3)4/h7-11,13H,5-6,12H2,1-4H3,(H,21,22). The number of aryl methyl sites for hydroxylation is 1. The molecule has 0 fully saturated rings. The summed E-state index contributed by atoms with van der Waals surface area (Å²) in [7, 11) is 0. The van der Waals surface area contributed by atoms with Gasteiger partial charge in [0.1, 0.15) is 10.6 Å². The smallest absolute Gasteiger partial charge is 0.341 e. The Bertz CT molecular complexity index is 735. The van der Waals surface area contributed by atoms with Crippen LogP contribution in [-0.4, -0.2) is 18.5 Å². The van der Waals surface area contributed by atoms with E-state index in [1.807, 2.05) is 51.1 Å². The van der Waals surface area contributed by atoms with E-state index in [0.717, 1.165) is 22.4 Å². The molecule has 1 amide bonds. The third-order valence-corrected chi connectivity index (χ3v) is 4.94. The van der Waals surface area contributed by atoms with Crippen LogP contribution in [-0.2, 0) is 16.0 Å². The van der Waals surface area contributed by atoms with Crippen molar-refractivity contribution < 1.29 is 14.3 Å². The zero-order valence-corrected chi connectivity index (χ0v) is 16.0. The predicted molar refractivity (Wildman–Crippen MR) is 103 cm³/mol. The van der Waals surface area contributed by atoms with Gasteiger partial charge in [-0.15, -0.1) is 11.3 Å². The van der Waals surface area contributed by atoms with Crippen LogP contribution in [0.15, 0.2) is 30.3 Å². The Labute approximate surface area is 153 Å². The van der Waals surface area contributed by atoms with Gasteiger partial charge in [-0.1, -0.05) is 51.1 Å². The van der Waals surface area contributed by atoms with Crippen molar-refractivity contribution >= 4 is 28.2 Å². The molecule has 1 aromatic heterocycles. The molecule has 1 heterocycles. The van der Waals surface area contributed by atoms with Gasteiger partial charge in [0.25, 0.3) is 0 Å². The van der Waals surface area contributed by atoms with Gasteiger partial charge in [-0.3, -0.25) is 4.79 Å². The van der Waals surface area contributed by atoms with E-state index >= 15 is 0 Å². The molecule has 25 heavy (non-hydrogen) atoms. The van der Waals surface area contributed by atoms with Gasteiger partial charge in [-0.25, -0.2) is 4.79 Å². The second-order valence-corrected chi connectivity index (χ2v) is 7.30. The van der Waals surface area contributed by atoms with E-state index in [1.54, 1.807) is 6.92 Å². The van der Waals surface area contributed by atoms with Crippen molar-refractivity contribution in [2.24, 2.45) is 5.92 Å². The highest BCUT2D eigenvalue weighted by atomic mass is 32.1. The number of esters is 1. The van der Waals surface area contributed by atoms with Crippen LogP contribution < -0.4 is 5.32 Å². The molecule has 2 aromatic rings. The lowest BCUT2D eigenvalue weighted by molar-refractivity contribution is -0.116. The van der Waals surface area contributed by atoms with Gasteiger partial charge < -0.3 is 10.1 Å². The van der Waals surface area contributed by atoms with Gasteiger partial charge in [0, 0.05) is 16.9 Å². The zero-order chi connectivity index (χ0) is 18.4. The lowest BCUT2D eigenvalue weighted by Gasteiger charge is -2.10. The molecule has 0 spiro atoms. The summed E-state index contributed by atoms with van der Waals surface area (Å²) in [6.07, 6.45) is 1.20. The van der Waals surface area contributed by atoms with Gasteiger partial charge in [0.05, 0.1) is 6.61 Å². The first-order valence-corrected chi connectivity index (χ1v) is 9.47. The number of carbonyl (C=O) groups is 2. The third-order valence-electron chi connectivity index (χ3n) is 3.69. The number of nitrogens with one attached hydrogen (secondary N) is 1. The number of thiophene rings is 1. The van der Waals surface area contributed by atoms with Gasteiger partial charge in [-0.2, -0.15) is 0 Å². The lowest BCUT2D eigenvalue weighted by atomic mass is 10.00. The molecular formula is C20H25NO3S. The highest BCUT2D eigenvalue weighted by Crippen LogP contribution is 2.41. The summed E-state index contributed by atoms with van der Waals surface area (Å²) in [5.74, 6) is -0.216. The van der Waals surface area contributed by atoms with Crippen LogP contribution >= 0.6 is 11.3 Å². The minimum absolute atomic E-state index is 0.0796. The highest BCUT2D eigenvalue weighted by Gasteiger charge is 2.26. The molecule has 4 nitrogen and oxygen atoms in total. The average molecular weight is 359 g/mol. The molecule has 0 aliphatic heterocycles. The van der Waals surface area contributed by atoms with E-state index in [2.05, 4.69) is 5.32 Å². The van der Waals surface area contributed by atoms with Crippen LogP contribution in [0.1, 0.15) is 49.4 Å². The quantitative estimate of drug-likeness (QED) is 0.697. The Morgan fingerprint density at radius 2 is 1.84 bits per heavy atom. The van der Waals surface area contributed by atoms with Crippen LogP contribution in [0.5, 0.6) is 0 Å². The van der Waals surface area contributed by atoms with E-state index in [-0.39, 0.29) is 11.8 Å². The van der Waals surface area contributed by atoms with Crippen LogP contribution in [0.25, 0.3) is 11.1 Å². The Hall–Kier alpha value is -2.14. The molecule has 134 valence electrons. The van der Waals surface area contributed by atoms with Crippen molar-refractivity contribution in [1.82, 2.24) is 0 Å². The highest BCUT2D eigenvalue weighted by molar-refractivity contribution is 7.17. The molecule has 1 N–H and O–H groups in total. The molecule has 0 saturated heterocycles. The molecular weight excluding hydrogens is 334 g/mol. The van der Waals surface area contributed by atoms with Crippen LogP contribution in [0.3, 0.4) is 0 Å². The topological polar surface area (TPSA) is 55.4 Å². The molecule has 0 saturated carbocycles. The summed E-state index contributed by atoms with van der Waals surface area (Å²) in [6.45, 7) is 8.11. The first-order valence-electron chi connectivity index (χ1n) is 8.65. The van der Waals surface area contributed by atoms with Crippen LogP contribution in [0.2, 0.25) is 0 Å². The number of benzene rings is 1. The number of hydrogen-bond acceptors (Lipinski definition) is 4. The minimum atomic E-state index is -0.392. The first kappa shape index (κ1) is 19.2. The van der Waals surface area contributed by atoms with E-state index in [9.17, 15) is 9.59 Å². The lowest BCUT2D eigenvalue weighted by Crippen LogP contribution is -2.16. The van der Waals surface area contributed by atoms with E-state index in [0.29, 0.717) is 23.6 Å². The molecule has 0 radical (unpaired) electrons. The second kappa shape index (κ2) is 8.81. The zero-order valence-electron chi connectivity index (χ0n) is 15.2. The van der Waals surface area contributed by atoms with Crippen molar-refractivity contribution in [3.05, 3.63) is 40.8 Å². The second-order valence-electron chi connectivity index (χ2n) is 6.19. The molecule has 0 aliphatic rings. The predicted octanol–water partition coefficient (Wildman–Crippen LogP) is 5.14. The third kappa shape index (κ3) is 4.69. The molecule has 1 aromatic carbocycles. The van der Waals surface area contributed by atoms with Crippen molar-refractivity contribution in [1.29, 1.82) is 0 Å². The Morgan fingerprint density at radius 1 is 1.16 bits per heavy atom. The van der Waals surface area contributed by atoms with Gasteiger partial charge in [0.15, 0.2) is 0 Å². The number of ether oxygens (including phenoxy) is 1. The van der Waals surface area contributed by atoms with Crippen molar-refractivity contribution in [2.45, 2.75) is 40.5 Å². The normalized spacial score (nSPS) is 10.8. The molecule has 0 atom stereocenters. The van der Waals surface area contributed by atoms with Crippen LogP contribution in [0.4, 0.5) is 5.00 Å². The molecule has 0 aliphatic carbocycles. The maximum absolute atomic E-state index is 12.6. The van der Waals surface area contributed by atoms with Gasteiger partial charge >= 0.3 is 5.97 Å². The molecule has 0 bridgehead atoms. The summed E-state index contributed by atoms with van der Waals surface area (Å²) < 4.78 is 5.27. The number of rotatable bonds is 7. The summed E-state index contributed by atoms with van der Waals surface area (Å²) in [5.41, 5.74) is 2.29. The van der Waals surface area contributed by atoms with Crippen LogP contribution in [0, 0.1) is 5.92 Å². The van der Waals surface area contributed by atoms with E-state index in [4.69, 9.17) is 4.74 Å². The summed E-state index contributed by atoms with van der Waals surface area (Å²) >= 11 is 1.46. The number of amides is 1. The Morgan fingerprint density at radius 3 is 2.40 bits per heavy atom. The monoisotopic (exact) mass is 359 g/mol. The molecule has 0 unspecified atom stereocenters. The average Bonchev–Trinajstić information content (AvgIpc) is 2.93. The fourth-order valence-electron chi connectivity index (χ4n) is 2.67. The summed E-state index contributed by atoms with van der Waals surface area (Å²) in [4.78, 5) is 25.9. The maximum Gasteiger partial charge on any atom is 0.341 e. The largest absolute Gasteiger partial charge is 0.462 e. The van der Waals surface area contributed by atoms with Crippen molar-refractivity contribution in [3.63, 3.8) is 0 Å². The fraction of sp³-hybridized carbons (Fsp3) is 0.400. The Kier molecular flexibility index (Phi) is 6.76.